The van der Waals surface area contributed by atoms with Gasteiger partial charge >= 0.3 is 0 Å². The van der Waals surface area contributed by atoms with Crippen LogP contribution in [0.15, 0.2) is 30.3 Å². The molecule has 0 unspecified atom stereocenters. The molecule has 0 aliphatic carbocycles. The molecule has 2 heteroatoms. The van der Waals surface area contributed by atoms with E-state index in [0.717, 1.165) is 11.3 Å². The lowest BCUT2D eigenvalue weighted by Gasteiger charge is -2.08. The first kappa shape index (κ1) is 10.3. The molecule has 0 aliphatic heterocycles. The van der Waals surface area contributed by atoms with Gasteiger partial charge in [-0.1, -0.05) is 18.2 Å². The van der Waals surface area contributed by atoms with Gasteiger partial charge in [-0.3, -0.25) is 0 Å². The van der Waals surface area contributed by atoms with Crippen LogP contribution in [0.2, 0.25) is 0 Å². The molecule has 0 amide bonds. The lowest BCUT2D eigenvalue weighted by molar-refractivity contribution is 0.412. The predicted molar refractivity (Wildman–Crippen MR) is 64.8 cm³/mol. The van der Waals surface area contributed by atoms with Gasteiger partial charge in [-0.25, -0.2) is 0 Å². The number of rotatable bonds is 2. The van der Waals surface area contributed by atoms with E-state index in [-0.39, 0.29) is 0 Å². The lowest BCUT2D eigenvalue weighted by Crippen LogP contribution is -1.88. The highest BCUT2D eigenvalue weighted by atomic mass is 35.5. The van der Waals surface area contributed by atoms with Crippen LogP contribution in [0.3, 0.4) is 0 Å². The molecular weight excluding hydrogens is 208 g/mol. The summed E-state index contributed by atoms with van der Waals surface area (Å²) in [5, 5.41) is 2.44. The molecule has 0 bridgehead atoms. The second-order valence-electron chi connectivity index (χ2n) is 3.58. The molecule has 0 N–H and O–H groups in total. The summed E-state index contributed by atoms with van der Waals surface area (Å²) >= 11 is 5.80. The summed E-state index contributed by atoms with van der Waals surface area (Å²) in [4.78, 5) is 0. The summed E-state index contributed by atoms with van der Waals surface area (Å²) < 4.78 is 5.28. The van der Waals surface area contributed by atoms with Crippen LogP contribution in [0, 0.1) is 6.92 Å². The summed E-state index contributed by atoms with van der Waals surface area (Å²) in [6, 6.07) is 10.3. The van der Waals surface area contributed by atoms with Gasteiger partial charge in [-0.2, -0.15) is 0 Å². The minimum Gasteiger partial charge on any atom is -0.496 e. The molecule has 0 fully saturated rings. The SMILES string of the molecule is COc1ccc2cc(CCl)ccc2c1C. The summed E-state index contributed by atoms with van der Waals surface area (Å²) in [5.74, 6) is 1.49. The number of hydrogen-bond donors (Lipinski definition) is 0. The number of hydrogen-bond acceptors (Lipinski definition) is 1. The summed E-state index contributed by atoms with van der Waals surface area (Å²) in [5.41, 5.74) is 2.32. The molecular formula is C13H13ClO. The van der Waals surface area contributed by atoms with Crippen LogP contribution in [0.25, 0.3) is 10.8 Å². The number of aryl methyl sites for hydroxylation is 1. The molecule has 1 nitrogen and oxygen atoms in total. The molecule has 0 spiro atoms. The van der Waals surface area contributed by atoms with E-state index in [9.17, 15) is 0 Å². The third kappa shape index (κ3) is 1.80. The number of fused-ring (bicyclic) bond motifs is 1. The minimum atomic E-state index is 0.557. The second kappa shape index (κ2) is 4.11. The van der Waals surface area contributed by atoms with Gasteiger partial charge in [-0.15, -0.1) is 11.6 Å². The first-order valence-corrected chi connectivity index (χ1v) is 5.42. The average Bonchev–Trinajstić information content (AvgIpc) is 2.29. The maximum atomic E-state index is 5.80. The average molecular weight is 221 g/mol. The van der Waals surface area contributed by atoms with E-state index in [1.807, 2.05) is 6.07 Å². The third-order valence-corrected chi connectivity index (χ3v) is 2.99. The lowest BCUT2D eigenvalue weighted by atomic mass is 10.0. The quantitative estimate of drug-likeness (QED) is 0.698. The highest BCUT2D eigenvalue weighted by molar-refractivity contribution is 6.17. The Morgan fingerprint density at radius 3 is 2.67 bits per heavy atom. The third-order valence-electron chi connectivity index (χ3n) is 2.68. The van der Waals surface area contributed by atoms with Crippen LogP contribution in [0.4, 0.5) is 0 Å². The number of methoxy groups -OCH3 is 1. The van der Waals surface area contributed by atoms with Gasteiger partial charge in [0.15, 0.2) is 0 Å². The molecule has 0 saturated heterocycles. The van der Waals surface area contributed by atoms with Crippen molar-refractivity contribution in [1.82, 2.24) is 0 Å². The fraction of sp³-hybridized carbons (Fsp3) is 0.231. The topological polar surface area (TPSA) is 9.23 Å². The largest absolute Gasteiger partial charge is 0.496 e. The van der Waals surface area contributed by atoms with Gasteiger partial charge in [-0.05, 0) is 41.0 Å². The Kier molecular flexibility index (Phi) is 2.83. The Hall–Kier alpha value is -1.21. The first-order valence-electron chi connectivity index (χ1n) is 4.88. The van der Waals surface area contributed by atoms with E-state index < -0.39 is 0 Å². The molecule has 78 valence electrons. The van der Waals surface area contributed by atoms with Crippen LogP contribution in [0.1, 0.15) is 11.1 Å². The summed E-state index contributed by atoms with van der Waals surface area (Å²) in [7, 11) is 1.70. The zero-order valence-corrected chi connectivity index (χ0v) is 9.64. The number of ether oxygens (including phenoxy) is 1. The summed E-state index contributed by atoms with van der Waals surface area (Å²) in [6.45, 7) is 2.07. The molecule has 2 aromatic carbocycles. The molecule has 0 heterocycles. The van der Waals surface area contributed by atoms with E-state index in [4.69, 9.17) is 16.3 Å². The van der Waals surface area contributed by atoms with E-state index in [1.54, 1.807) is 7.11 Å². The van der Waals surface area contributed by atoms with E-state index in [0.29, 0.717) is 5.88 Å². The standard InChI is InChI=1S/C13H13ClO/c1-9-12-5-3-10(8-14)7-11(12)4-6-13(9)15-2/h3-7H,8H2,1-2H3. The molecule has 0 atom stereocenters. The molecule has 2 rings (SSSR count). The molecule has 0 saturated carbocycles. The second-order valence-corrected chi connectivity index (χ2v) is 3.85. The number of alkyl halides is 1. The highest BCUT2D eigenvalue weighted by Gasteiger charge is 2.03. The maximum Gasteiger partial charge on any atom is 0.122 e. The van der Waals surface area contributed by atoms with E-state index in [1.165, 1.54) is 16.3 Å². The Morgan fingerprint density at radius 2 is 2.00 bits per heavy atom. The molecule has 2 aromatic rings. The fourth-order valence-electron chi connectivity index (χ4n) is 1.82. The van der Waals surface area contributed by atoms with Crippen LogP contribution in [-0.4, -0.2) is 7.11 Å². The van der Waals surface area contributed by atoms with Gasteiger partial charge in [0, 0.05) is 5.88 Å². The number of benzene rings is 2. The smallest absolute Gasteiger partial charge is 0.122 e. The van der Waals surface area contributed by atoms with Crippen molar-refractivity contribution < 1.29 is 4.74 Å². The van der Waals surface area contributed by atoms with Gasteiger partial charge < -0.3 is 4.74 Å². The molecule has 0 aromatic heterocycles. The van der Waals surface area contributed by atoms with Crippen molar-refractivity contribution in [2.45, 2.75) is 12.8 Å². The van der Waals surface area contributed by atoms with E-state index >= 15 is 0 Å². The molecule has 0 aliphatic rings. The Morgan fingerprint density at radius 1 is 1.20 bits per heavy atom. The van der Waals surface area contributed by atoms with Crippen molar-refractivity contribution in [1.29, 1.82) is 0 Å². The van der Waals surface area contributed by atoms with Crippen LogP contribution in [0.5, 0.6) is 5.75 Å². The Bertz CT molecular complexity index is 491. The highest BCUT2D eigenvalue weighted by Crippen LogP contribution is 2.27. The maximum absolute atomic E-state index is 5.80. The van der Waals surface area contributed by atoms with Gasteiger partial charge in [0.2, 0.25) is 0 Å². The van der Waals surface area contributed by atoms with Crippen molar-refractivity contribution in [3.63, 3.8) is 0 Å². The van der Waals surface area contributed by atoms with Gasteiger partial charge in [0.1, 0.15) is 5.75 Å². The zero-order valence-electron chi connectivity index (χ0n) is 8.88. The van der Waals surface area contributed by atoms with Crippen molar-refractivity contribution in [2.75, 3.05) is 7.11 Å². The van der Waals surface area contributed by atoms with Gasteiger partial charge in [0.25, 0.3) is 0 Å². The van der Waals surface area contributed by atoms with Crippen molar-refractivity contribution in [3.8, 4) is 5.75 Å². The first-order chi connectivity index (χ1) is 7.26. The van der Waals surface area contributed by atoms with Crippen molar-refractivity contribution in [3.05, 3.63) is 41.5 Å². The van der Waals surface area contributed by atoms with Crippen LogP contribution in [-0.2, 0) is 5.88 Å². The number of halogens is 1. The predicted octanol–water partition coefficient (Wildman–Crippen LogP) is 3.90. The fourth-order valence-corrected chi connectivity index (χ4v) is 1.99. The zero-order chi connectivity index (χ0) is 10.8. The summed E-state index contributed by atoms with van der Waals surface area (Å²) in [6.07, 6.45) is 0. The minimum absolute atomic E-state index is 0.557. The molecule has 0 radical (unpaired) electrons. The van der Waals surface area contributed by atoms with E-state index in [2.05, 4.69) is 31.2 Å². The normalized spacial score (nSPS) is 10.6. The Labute approximate surface area is 94.6 Å². The van der Waals surface area contributed by atoms with Crippen molar-refractivity contribution >= 4 is 22.4 Å². The molecule has 15 heavy (non-hydrogen) atoms. The monoisotopic (exact) mass is 220 g/mol. The van der Waals surface area contributed by atoms with Crippen LogP contribution >= 0.6 is 11.6 Å². The van der Waals surface area contributed by atoms with Gasteiger partial charge in [0.05, 0.1) is 7.11 Å². The van der Waals surface area contributed by atoms with Crippen molar-refractivity contribution in [2.24, 2.45) is 0 Å². The van der Waals surface area contributed by atoms with Crippen LogP contribution < -0.4 is 4.74 Å². The Balaban J connectivity index is 2.68.